The van der Waals surface area contributed by atoms with Crippen LogP contribution >= 0.6 is 0 Å². The number of nitrogens with two attached hydrogens (primary N) is 1. The Morgan fingerprint density at radius 2 is 2.23 bits per heavy atom. The minimum Gasteiger partial charge on any atom is -0.370 e. The first kappa shape index (κ1) is 8.35. The van der Waals surface area contributed by atoms with Gasteiger partial charge in [0.15, 0.2) is 5.96 Å². The average Bonchev–Trinajstić information content (AvgIpc) is 2.23. The van der Waals surface area contributed by atoms with Crippen LogP contribution in [0, 0.1) is 0 Å². The van der Waals surface area contributed by atoms with E-state index < -0.39 is 0 Å². The van der Waals surface area contributed by atoms with E-state index in [4.69, 9.17) is 5.73 Å². The predicted molar refractivity (Wildman–Crippen MR) is 54.5 cm³/mol. The van der Waals surface area contributed by atoms with Gasteiger partial charge in [0.1, 0.15) is 6.04 Å². The summed E-state index contributed by atoms with van der Waals surface area (Å²) in [6.07, 6.45) is 4.35. The molecule has 0 aromatic heterocycles. The van der Waals surface area contributed by atoms with Crippen LogP contribution in [0.15, 0.2) is 28.3 Å². The normalized spacial score (nSPS) is 37.2. The van der Waals surface area contributed by atoms with E-state index in [9.17, 15) is 0 Å². The van der Waals surface area contributed by atoms with Crippen LogP contribution in [0.25, 0.3) is 0 Å². The largest absolute Gasteiger partial charge is 0.370 e. The van der Waals surface area contributed by atoms with Crippen molar-refractivity contribution in [2.75, 3.05) is 0 Å². The lowest BCUT2D eigenvalue weighted by atomic mass is 9.82. The van der Waals surface area contributed by atoms with Crippen molar-refractivity contribution < 1.29 is 0 Å². The van der Waals surface area contributed by atoms with Crippen molar-refractivity contribution in [3.63, 3.8) is 0 Å². The summed E-state index contributed by atoms with van der Waals surface area (Å²) in [6, 6.07) is 0.177. The van der Waals surface area contributed by atoms with E-state index in [1.807, 2.05) is 0 Å². The maximum absolute atomic E-state index is 5.67. The van der Waals surface area contributed by atoms with Crippen LogP contribution < -0.4 is 11.1 Å². The summed E-state index contributed by atoms with van der Waals surface area (Å²) in [5.41, 5.74) is 8.11. The number of fused-ring (bicyclic) bond motifs is 1. The Morgan fingerprint density at radius 3 is 2.92 bits per heavy atom. The Kier molecular flexibility index (Phi) is 1.53. The van der Waals surface area contributed by atoms with Gasteiger partial charge in [0, 0.05) is 0 Å². The Hall–Kier alpha value is -1.25. The number of hydrogen-bond acceptors (Lipinski definition) is 3. The van der Waals surface area contributed by atoms with Crippen molar-refractivity contribution in [1.29, 1.82) is 0 Å². The molecule has 2 unspecified atom stereocenters. The number of aliphatic imine (C=N–C) groups is 1. The molecule has 2 rings (SSSR count). The maximum Gasteiger partial charge on any atom is 0.190 e. The summed E-state index contributed by atoms with van der Waals surface area (Å²) < 4.78 is 0. The second-order valence-corrected chi connectivity index (χ2v) is 4.10. The average molecular weight is 177 g/mol. The monoisotopic (exact) mass is 177 g/mol. The second-order valence-electron chi connectivity index (χ2n) is 4.10. The Bertz CT molecular complexity index is 338. The Morgan fingerprint density at radius 1 is 1.54 bits per heavy atom. The number of rotatable bonds is 0. The quantitative estimate of drug-likeness (QED) is 0.578. The highest BCUT2D eigenvalue weighted by Gasteiger charge is 2.40. The minimum absolute atomic E-state index is 0.104. The number of guanidine groups is 1. The highest BCUT2D eigenvalue weighted by molar-refractivity contribution is 5.82. The van der Waals surface area contributed by atoms with Gasteiger partial charge >= 0.3 is 0 Å². The van der Waals surface area contributed by atoms with E-state index in [1.165, 1.54) is 11.1 Å². The van der Waals surface area contributed by atoms with E-state index in [2.05, 4.69) is 43.2 Å². The third-order valence-corrected chi connectivity index (χ3v) is 2.65. The lowest BCUT2D eigenvalue weighted by Crippen LogP contribution is -2.49. The fraction of sp³-hybridized carbons (Fsp3) is 0.500. The number of allylic oxidation sites excluding steroid dienone is 2. The smallest absolute Gasteiger partial charge is 0.190 e. The molecule has 0 bridgehead atoms. The van der Waals surface area contributed by atoms with Gasteiger partial charge in [-0.3, -0.25) is 0 Å². The lowest BCUT2D eigenvalue weighted by Gasteiger charge is -2.31. The molecule has 0 radical (unpaired) electrons. The lowest BCUT2D eigenvalue weighted by molar-refractivity contribution is 0.481. The van der Waals surface area contributed by atoms with Crippen LogP contribution in [0.1, 0.15) is 20.8 Å². The zero-order valence-corrected chi connectivity index (χ0v) is 8.26. The summed E-state index contributed by atoms with van der Waals surface area (Å²) in [5, 5.41) is 3.20. The van der Waals surface area contributed by atoms with E-state index in [0.717, 1.165) is 0 Å². The van der Waals surface area contributed by atoms with Crippen LogP contribution in [0.4, 0.5) is 0 Å². The molecule has 0 aromatic carbocycles. The zero-order chi connectivity index (χ0) is 9.64. The molecular formula is C10H15N3. The molecule has 0 spiro atoms. The molecule has 3 heteroatoms. The topological polar surface area (TPSA) is 50.4 Å². The van der Waals surface area contributed by atoms with Gasteiger partial charge in [-0.15, -0.1) is 0 Å². The minimum atomic E-state index is -0.104. The van der Waals surface area contributed by atoms with E-state index in [-0.39, 0.29) is 11.6 Å². The SMILES string of the molecule is CC1=CC2(C)NC(N)=NC2C(C)=C1. The number of hydrogen-bond donors (Lipinski definition) is 2. The summed E-state index contributed by atoms with van der Waals surface area (Å²) >= 11 is 0. The molecule has 2 aliphatic rings. The molecule has 13 heavy (non-hydrogen) atoms. The van der Waals surface area contributed by atoms with Gasteiger partial charge in [-0.05, 0) is 26.3 Å². The molecule has 0 saturated heterocycles. The molecule has 0 aromatic rings. The highest BCUT2D eigenvalue weighted by atomic mass is 15.2. The van der Waals surface area contributed by atoms with Gasteiger partial charge in [-0.25, -0.2) is 4.99 Å². The van der Waals surface area contributed by atoms with Crippen molar-refractivity contribution >= 4 is 5.96 Å². The third-order valence-electron chi connectivity index (χ3n) is 2.65. The first-order valence-corrected chi connectivity index (χ1v) is 4.50. The highest BCUT2D eigenvalue weighted by Crippen LogP contribution is 2.31. The van der Waals surface area contributed by atoms with Crippen molar-refractivity contribution in [1.82, 2.24) is 5.32 Å². The summed E-state index contributed by atoms with van der Waals surface area (Å²) in [4.78, 5) is 4.37. The number of nitrogens with one attached hydrogen (secondary N) is 1. The summed E-state index contributed by atoms with van der Waals surface area (Å²) in [7, 11) is 0. The van der Waals surface area contributed by atoms with Crippen molar-refractivity contribution in [3.8, 4) is 0 Å². The van der Waals surface area contributed by atoms with Crippen LogP contribution in [0.5, 0.6) is 0 Å². The predicted octanol–water partition coefficient (Wildman–Crippen LogP) is 0.938. The van der Waals surface area contributed by atoms with Gasteiger partial charge in [-0.2, -0.15) is 0 Å². The Balaban J connectivity index is 2.44. The number of nitrogens with zero attached hydrogens (tertiary/aromatic N) is 1. The molecule has 70 valence electrons. The van der Waals surface area contributed by atoms with E-state index in [1.54, 1.807) is 0 Å². The molecule has 1 heterocycles. The van der Waals surface area contributed by atoms with Gasteiger partial charge in [0.25, 0.3) is 0 Å². The fourth-order valence-electron chi connectivity index (χ4n) is 2.29. The van der Waals surface area contributed by atoms with Crippen LogP contribution in [0.2, 0.25) is 0 Å². The van der Waals surface area contributed by atoms with E-state index in [0.29, 0.717) is 5.96 Å². The van der Waals surface area contributed by atoms with Crippen molar-refractivity contribution in [2.24, 2.45) is 10.7 Å². The molecular weight excluding hydrogens is 162 g/mol. The first-order chi connectivity index (χ1) is 6.01. The first-order valence-electron chi connectivity index (χ1n) is 4.50. The van der Waals surface area contributed by atoms with Gasteiger partial charge < -0.3 is 11.1 Å². The van der Waals surface area contributed by atoms with Crippen LogP contribution in [-0.2, 0) is 0 Å². The molecule has 2 atom stereocenters. The zero-order valence-electron chi connectivity index (χ0n) is 8.26. The maximum atomic E-state index is 5.67. The van der Waals surface area contributed by atoms with Gasteiger partial charge in [-0.1, -0.05) is 17.7 Å². The van der Waals surface area contributed by atoms with Crippen LogP contribution in [-0.4, -0.2) is 17.5 Å². The second kappa shape index (κ2) is 2.37. The molecule has 3 N–H and O–H groups in total. The fourth-order valence-corrected chi connectivity index (χ4v) is 2.29. The van der Waals surface area contributed by atoms with Crippen LogP contribution in [0.3, 0.4) is 0 Å². The Labute approximate surface area is 78.4 Å². The molecule has 0 fully saturated rings. The van der Waals surface area contributed by atoms with E-state index >= 15 is 0 Å². The molecule has 3 nitrogen and oxygen atoms in total. The molecule has 0 amide bonds. The van der Waals surface area contributed by atoms with Gasteiger partial charge in [0.2, 0.25) is 0 Å². The standard InChI is InChI=1S/C10H15N3/c1-6-4-7(2)8-10(3,5-6)13-9(11)12-8/h4-5,8H,1-3H3,(H3,11,12,13). The third kappa shape index (κ3) is 1.15. The summed E-state index contributed by atoms with van der Waals surface area (Å²) in [6.45, 7) is 6.32. The van der Waals surface area contributed by atoms with Gasteiger partial charge in [0.05, 0.1) is 5.54 Å². The van der Waals surface area contributed by atoms with Crippen molar-refractivity contribution in [2.45, 2.75) is 32.4 Å². The molecule has 1 aliphatic carbocycles. The molecule has 1 aliphatic heterocycles. The summed E-state index contributed by atoms with van der Waals surface area (Å²) in [5.74, 6) is 0.547. The van der Waals surface area contributed by atoms with Crippen molar-refractivity contribution in [3.05, 3.63) is 23.3 Å². The molecule has 0 saturated carbocycles.